The highest BCUT2D eigenvalue weighted by Gasteiger charge is 2.12. The molecular formula is C25H25ClN4O3. The number of nitrogens with one attached hydrogen (secondary N) is 1. The van der Waals surface area contributed by atoms with Crippen molar-refractivity contribution >= 4 is 28.7 Å². The SMILES string of the molecule is CCCCOc1ccc(-c2cc3c(=O)n(CC(=O)Nc4cc(Cl)ccc4C)ccn3n2)cc1. The fraction of sp³-hybridized carbons (Fsp3) is 0.240. The standard InChI is InChI=1S/C25H25ClN4O3/c1-3-4-13-33-20-9-6-18(7-10-20)22-15-23-25(32)29(11-12-30(23)28-22)16-24(31)27-21-14-19(26)8-5-17(21)2/h5-12,14-15H,3-4,13,16H2,1-2H3,(H,27,31). The molecule has 0 bridgehead atoms. The van der Waals surface area contributed by atoms with E-state index in [4.69, 9.17) is 16.3 Å². The van der Waals surface area contributed by atoms with Crippen LogP contribution in [0.1, 0.15) is 25.3 Å². The lowest BCUT2D eigenvalue weighted by atomic mass is 10.1. The number of nitrogens with zero attached hydrogens (tertiary/aromatic N) is 3. The third kappa shape index (κ3) is 5.26. The van der Waals surface area contributed by atoms with Crippen LogP contribution in [0, 0.1) is 6.92 Å². The van der Waals surface area contributed by atoms with E-state index in [0.29, 0.717) is 28.5 Å². The smallest absolute Gasteiger partial charge is 0.277 e. The van der Waals surface area contributed by atoms with Gasteiger partial charge in [-0.15, -0.1) is 0 Å². The third-order valence-corrected chi connectivity index (χ3v) is 5.54. The van der Waals surface area contributed by atoms with Gasteiger partial charge < -0.3 is 14.6 Å². The summed E-state index contributed by atoms with van der Waals surface area (Å²) < 4.78 is 8.59. The molecule has 2 heterocycles. The Labute approximate surface area is 196 Å². The molecule has 0 aliphatic rings. The first-order chi connectivity index (χ1) is 15.9. The van der Waals surface area contributed by atoms with E-state index < -0.39 is 0 Å². The zero-order valence-electron chi connectivity index (χ0n) is 18.5. The second-order valence-electron chi connectivity index (χ2n) is 7.82. The van der Waals surface area contributed by atoms with Gasteiger partial charge in [0.25, 0.3) is 5.56 Å². The number of unbranched alkanes of at least 4 members (excludes halogenated alkanes) is 1. The van der Waals surface area contributed by atoms with E-state index in [1.54, 1.807) is 30.6 Å². The summed E-state index contributed by atoms with van der Waals surface area (Å²) in [6, 6.07) is 14.6. The number of fused-ring (bicyclic) bond motifs is 1. The predicted molar refractivity (Wildman–Crippen MR) is 130 cm³/mol. The Kier molecular flexibility index (Phi) is 6.79. The lowest BCUT2D eigenvalue weighted by Gasteiger charge is -2.10. The predicted octanol–water partition coefficient (Wildman–Crippen LogP) is 4.94. The van der Waals surface area contributed by atoms with Crippen LogP contribution >= 0.6 is 11.6 Å². The average molecular weight is 465 g/mol. The van der Waals surface area contributed by atoms with Crippen molar-refractivity contribution in [2.45, 2.75) is 33.2 Å². The van der Waals surface area contributed by atoms with Crippen LogP contribution in [0.2, 0.25) is 5.02 Å². The van der Waals surface area contributed by atoms with Gasteiger partial charge in [-0.1, -0.05) is 31.0 Å². The minimum Gasteiger partial charge on any atom is -0.494 e. The van der Waals surface area contributed by atoms with Crippen LogP contribution in [0.5, 0.6) is 5.75 Å². The lowest BCUT2D eigenvalue weighted by molar-refractivity contribution is -0.116. The van der Waals surface area contributed by atoms with Crippen LogP contribution in [0.4, 0.5) is 5.69 Å². The number of hydrogen-bond donors (Lipinski definition) is 1. The second-order valence-corrected chi connectivity index (χ2v) is 8.26. The normalized spacial score (nSPS) is 11.0. The van der Waals surface area contributed by atoms with Crippen LogP contribution in [-0.4, -0.2) is 26.7 Å². The summed E-state index contributed by atoms with van der Waals surface area (Å²) in [4.78, 5) is 25.5. The number of amides is 1. The van der Waals surface area contributed by atoms with Gasteiger partial charge in [0.2, 0.25) is 5.91 Å². The van der Waals surface area contributed by atoms with Crippen molar-refractivity contribution in [3.63, 3.8) is 0 Å². The maximum Gasteiger partial charge on any atom is 0.277 e. The van der Waals surface area contributed by atoms with Gasteiger partial charge in [0.1, 0.15) is 17.8 Å². The number of aryl methyl sites for hydroxylation is 1. The number of aromatic nitrogens is 3. The van der Waals surface area contributed by atoms with Gasteiger partial charge in [-0.3, -0.25) is 9.59 Å². The zero-order chi connectivity index (χ0) is 23.4. The molecule has 0 spiro atoms. The zero-order valence-corrected chi connectivity index (χ0v) is 19.3. The first kappa shape index (κ1) is 22.6. The van der Waals surface area contributed by atoms with Gasteiger partial charge in [-0.05, 0) is 61.4 Å². The van der Waals surface area contributed by atoms with E-state index >= 15 is 0 Å². The minimum atomic E-state index is -0.315. The summed E-state index contributed by atoms with van der Waals surface area (Å²) >= 11 is 6.02. The molecule has 0 aliphatic carbocycles. The summed E-state index contributed by atoms with van der Waals surface area (Å²) in [7, 11) is 0. The summed E-state index contributed by atoms with van der Waals surface area (Å²) in [5.41, 5.74) is 3.15. The van der Waals surface area contributed by atoms with E-state index in [9.17, 15) is 9.59 Å². The van der Waals surface area contributed by atoms with E-state index in [1.807, 2.05) is 37.3 Å². The number of ether oxygens (including phenoxy) is 1. The summed E-state index contributed by atoms with van der Waals surface area (Å²) in [5.74, 6) is 0.490. The molecule has 8 heteroatoms. The Hall–Kier alpha value is -3.58. The van der Waals surface area contributed by atoms with Gasteiger partial charge in [0.15, 0.2) is 0 Å². The molecule has 2 aromatic carbocycles. The highest BCUT2D eigenvalue weighted by Crippen LogP contribution is 2.22. The fourth-order valence-corrected chi connectivity index (χ4v) is 3.59. The molecular weight excluding hydrogens is 440 g/mol. The van der Waals surface area contributed by atoms with Crippen molar-refractivity contribution in [1.29, 1.82) is 0 Å². The number of hydrogen-bond acceptors (Lipinski definition) is 4. The van der Waals surface area contributed by atoms with Crippen LogP contribution in [0.15, 0.2) is 65.7 Å². The summed E-state index contributed by atoms with van der Waals surface area (Å²) in [6.07, 6.45) is 5.32. The van der Waals surface area contributed by atoms with E-state index in [-0.39, 0.29) is 18.0 Å². The molecule has 1 amide bonds. The molecule has 0 saturated heterocycles. The van der Waals surface area contributed by atoms with Crippen molar-refractivity contribution in [3.05, 3.63) is 81.9 Å². The van der Waals surface area contributed by atoms with Crippen LogP contribution in [-0.2, 0) is 11.3 Å². The highest BCUT2D eigenvalue weighted by atomic mass is 35.5. The van der Waals surface area contributed by atoms with Gasteiger partial charge in [-0.2, -0.15) is 5.10 Å². The van der Waals surface area contributed by atoms with Gasteiger partial charge in [0.05, 0.1) is 12.3 Å². The van der Waals surface area contributed by atoms with Crippen molar-refractivity contribution in [2.24, 2.45) is 0 Å². The largest absolute Gasteiger partial charge is 0.494 e. The van der Waals surface area contributed by atoms with Crippen molar-refractivity contribution in [3.8, 4) is 17.0 Å². The van der Waals surface area contributed by atoms with Crippen molar-refractivity contribution in [2.75, 3.05) is 11.9 Å². The van der Waals surface area contributed by atoms with E-state index in [2.05, 4.69) is 17.3 Å². The molecule has 33 heavy (non-hydrogen) atoms. The molecule has 0 atom stereocenters. The molecule has 0 unspecified atom stereocenters. The lowest BCUT2D eigenvalue weighted by Crippen LogP contribution is -2.28. The van der Waals surface area contributed by atoms with Gasteiger partial charge in [-0.25, -0.2) is 4.52 Å². The monoisotopic (exact) mass is 464 g/mol. The Morgan fingerprint density at radius 2 is 1.91 bits per heavy atom. The molecule has 2 aromatic heterocycles. The fourth-order valence-electron chi connectivity index (χ4n) is 3.42. The first-order valence-electron chi connectivity index (χ1n) is 10.8. The van der Waals surface area contributed by atoms with Crippen LogP contribution < -0.4 is 15.6 Å². The topological polar surface area (TPSA) is 77.6 Å². The number of anilines is 1. The molecule has 4 rings (SSSR count). The molecule has 7 nitrogen and oxygen atoms in total. The highest BCUT2D eigenvalue weighted by molar-refractivity contribution is 6.31. The molecule has 0 radical (unpaired) electrons. The first-order valence-corrected chi connectivity index (χ1v) is 11.2. The van der Waals surface area contributed by atoms with E-state index in [1.165, 1.54) is 9.08 Å². The quantitative estimate of drug-likeness (QED) is 0.374. The van der Waals surface area contributed by atoms with Gasteiger partial charge >= 0.3 is 0 Å². The summed E-state index contributed by atoms with van der Waals surface area (Å²) in [6.45, 7) is 4.57. The molecule has 0 aliphatic heterocycles. The minimum absolute atomic E-state index is 0.119. The molecule has 0 saturated carbocycles. The Balaban J connectivity index is 1.52. The van der Waals surface area contributed by atoms with Crippen LogP contribution in [0.25, 0.3) is 16.8 Å². The van der Waals surface area contributed by atoms with Crippen molar-refractivity contribution < 1.29 is 9.53 Å². The molecule has 1 N–H and O–H groups in total. The number of carbonyl (C=O) groups excluding carboxylic acids is 1. The number of carbonyl (C=O) groups is 1. The maximum absolute atomic E-state index is 13.0. The third-order valence-electron chi connectivity index (χ3n) is 5.31. The Bertz CT molecular complexity index is 1340. The van der Waals surface area contributed by atoms with E-state index in [0.717, 1.165) is 29.7 Å². The number of rotatable bonds is 8. The maximum atomic E-state index is 13.0. The number of benzene rings is 2. The average Bonchev–Trinajstić information content (AvgIpc) is 3.24. The molecule has 4 aromatic rings. The molecule has 170 valence electrons. The van der Waals surface area contributed by atoms with Crippen LogP contribution in [0.3, 0.4) is 0 Å². The molecule has 0 fully saturated rings. The summed E-state index contributed by atoms with van der Waals surface area (Å²) in [5, 5.41) is 7.85. The van der Waals surface area contributed by atoms with Gasteiger partial charge in [0, 0.05) is 28.7 Å². The Morgan fingerprint density at radius 3 is 2.67 bits per heavy atom. The second kappa shape index (κ2) is 9.92. The Morgan fingerprint density at radius 1 is 1.12 bits per heavy atom. The number of halogens is 1. The van der Waals surface area contributed by atoms with Crippen molar-refractivity contribution in [1.82, 2.24) is 14.2 Å².